The Morgan fingerprint density at radius 1 is 1.22 bits per heavy atom. The van der Waals surface area contributed by atoms with Crippen LogP contribution in [-0.4, -0.2) is 47.3 Å². The topological polar surface area (TPSA) is 49.8 Å². The first kappa shape index (κ1) is 12.4. The van der Waals surface area contributed by atoms with Gasteiger partial charge in [-0.15, -0.1) is 0 Å². The van der Waals surface area contributed by atoms with Crippen LogP contribution in [0.3, 0.4) is 0 Å². The molecule has 1 aliphatic carbocycles. The second kappa shape index (κ2) is 4.82. The van der Waals surface area contributed by atoms with Crippen molar-refractivity contribution in [2.75, 3.05) is 19.7 Å². The molecule has 3 fully saturated rings. The van der Waals surface area contributed by atoms with Gasteiger partial charge in [-0.25, -0.2) is 0 Å². The van der Waals surface area contributed by atoms with E-state index in [0.717, 1.165) is 39.0 Å². The van der Waals surface area contributed by atoms with Gasteiger partial charge in [0.25, 0.3) is 0 Å². The number of carboxylic acids is 1. The van der Waals surface area contributed by atoms with E-state index in [9.17, 15) is 4.79 Å². The Hall–Kier alpha value is -0.610. The van der Waals surface area contributed by atoms with Crippen LogP contribution >= 0.6 is 0 Å². The monoisotopic (exact) mass is 253 g/mol. The van der Waals surface area contributed by atoms with Crippen molar-refractivity contribution in [3.05, 3.63) is 0 Å². The molecule has 1 unspecified atom stereocenters. The Morgan fingerprint density at radius 2 is 1.94 bits per heavy atom. The van der Waals surface area contributed by atoms with Crippen LogP contribution in [0.1, 0.15) is 44.9 Å². The molecule has 2 aliphatic heterocycles. The lowest BCUT2D eigenvalue weighted by atomic mass is 9.73. The Kier molecular flexibility index (Phi) is 3.32. The number of ether oxygens (including phenoxy) is 1. The Balaban J connectivity index is 1.54. The van der Waals surface area contributed by atoms with Crippen molar-refractivity contribution in [2.45, 2.75) is 56.6 Å². The lowest BCUT2D eigenvalue weighted by Gasteiger charge is -2.50. The van der Waals surface area contributed by atoms with Gasteiger partial charge in [0, 0.05) is 12.6 Å². The van der Waals surface area contributed by atoms with E-state index >= 15 is 0 Å². The van der Waals surface area contributed by atoms with Crippen molar-refractivity contribution in [3.63, 3.8) is 0 Å². The highest BCUT2D eigenvalue weighted by Crippen LogP contribution is 2.43. The quantitative estimate of drug-likeness (QED) is 0.816. The molecule has 1 N–H and O–H groups in total. The number of aliphatic carboxylic acids is 1. The summed E-state index contributed by atoms with van der Waals surface area (Å²) >= 11 is 0. The standard InChI is InChI=1S/C14H23NO3/c16-13(17)11-2-7-15(8-3-11)12-4-9-18-14(10-12)5-1-6-14/h11-12H,1-10H2,(H,16,17). The predicted octanol–water partition coefficient (Wildman–Crippen LogP) is 1.88. The van der Waals surface area contributed by atoms with Crippen LogP contribution in [0.4, 0.5) is 0 Å². The zero-order valence-electron chi connectivity index (χ0n) is 10.9. The second-order valence-corrected chi connectivity index (χ2v) is 6.18. The van der Waals surface area contributed by atoms with Crippen LogP contribution in [0.15, 0.2) is 0 Å². The maximum atomic E-state index is 11.0. The maximum absolute atomic E-state index is 11.0. The van der Waals surface area contributed by atoms with Gasteiger partial charge in [-0.1, -0.05) is 0 Å². The molecule has 3 rings (SSSR count). The minimum absolute atomic E-state index is 0.112. The number of piperidine rings is 1. The number of likely N-dealkylation sites (tertiary alicyclic amines) is 1. The smallest absolute Gasteiger partial charge is 0.306 e. The lowest BCUT2D eigenvalue weighted by Crippen LogP contribution is -2.53. The average molecular weight is 253 g/mol. The summed E-state index contributed by atoms with van der Waals surface area (Å²) in [5, 5.41) is 9.03. The van der Waals surface area contributed by atoms with Crippen molar-refractivity contribution in [1.82, 2.24) is 4.90 Å². The summed E-state index contributed by atoms with van der Waals surface area (Å²) in [5.74, 6) is -0.726. The highest BCUT2D eigenvalue weighted by Gasteiger charge is 2.44. The summed E-state index contributed by atoms with van der Waals surface area (Å²) in [6.07, 6.45) is 7.71. The average Bonchev–Trinajstić information content (AvgIpc) is 2.37. The van der Waals surface area contributed by atoms with Crippen LogP contribution in [0.25, 0.3) is 0 Å². The van der Waals surface area contributed by atoms with E-state index in [-0.39, 0.29) is 11.5 Å². The molecule has 0 aromatic rings. The molecule has 18 heavy (non-hydrogen) atoms. The molecule has 1 spiro atoms. The zero-order valence-corrected chi connectivity index (χ0v) is 10.9. The highest BCUT2D eigenvalue weighted by atomic mass is 16.5. The largest absolute Gasteiger partial charge is 0.481 e. The summed E-state index contributed by atoms with van der Waals surface area (Å²) in [5.41, 5.74) is 0.201. The summed E-state index contributed by atoms with van der Waals surface area (Å²) < 4.78 is 5.96. The van der Waals surface area contributed by atoms with Crippen molar-refractivity contribution in [3.8, 4) is 0 Å². The number of rotatable bonds is 2. The van der Waals surface area contributed by atoms with Gasteiger partial charge in [0.05, 0.1) is 11.5 Å². The summed E-state index contributed by atoms with van der Waals surface area (Å²) in [6, 6.07) is 0.633. The van der Waals surface area contributed by atoms with Gasteiger partial charge in [0.2, 0.25) is 0 Å². The van der Waals surface area contributed by atoms with Gasteiger partial charge in [-0.3, -0.25) is 4.79 Å². The number of hydrogen-bond acceptors (Lipinski definition) is 3. The fourth-order valence-electron chi connectivity index (χ4n) is 3.74. The van der Waals surface area contributed by atoms with Crippen molar-refractivity contribution in [1.29, 1.82) is 0 Å². The molecule has 2 saturated heterocycles. The number of carboxylic acid groups (broad SMARTS) is 1. The minimum Gasteiger partial charge on any atom is -0.481 e. The first-order valence-electron chi connectivity index (χ1n) is 7.29. The molecule has 1 atom stereocenters. The molecular formula is C14H23NO3. The summed E-state index contributed by atoms with van der Waals surface area (Å²) in [6.45, 7) is 2.80. The van der Waals surface area contributed by atoms with Crippen LogP contribution in [0, 0.1) is 5.92 Å². The molecule has 0 aromatic heterocycles. The van der Waals surface area contributed by atoms with Crippen LogP contribution in [0.2, 0.25) is 0 Å². The number of carbonyl (C=O) groups is 1. The molecule has 4 nitrogen and oxygen atoms in total. The third-order valence-corrected chi connectivity index (χ3v) is 5.13. The van der Waals surface area contributed by atoms with Gasteiger partial charge in [-0.05, 0) is 58.0 Å². The third-order valence-electron chi connectivity index (χ3n) is 5.13. The van der Waals surface area contributed by atoms with E-state index < -0.39 is 5.97 Å². The van der Waals surface area contributed by atoms with Crippen LogP contribution < -0.4 is 0 Å². The summed E-state index contributed by atoms with van der Waals surface area (Å²) in [7, 11) is 0. The molecule has 2 heterocycles. The van der Waals surface area contributed by atoms with E-state index in [1.165, 1.54) is 25.7 Å². The van der Waals surface area contributed by atoms with E-state index in [0.29, 0.717) is 6.04 Å². The van der Waals surface area contributed by atoms with Crippen LogP contribution in [0.5, 0.6) is 0 Å². The molecule has 4 heteroatoms. The lowest BCUT2D eigenvalue weighted by molar-refractivity contribution is -0.154. The maximum Gasteiger partial charge on any atom is 0.306 e. The van der Waals surface area contributed by atoms with Crippen molar-refractivity contribution < 1.29 is 14.6 Å². The van der Waals surface area contributed by atoms with E-state index in [2.05, 4.69) is 4.90 Å². The van der Waals surface area contributed by atoms with Gasteiger partial charge < -0.3 is 14.7 Å². The molecule has 0 bridgehead atoms. The molecule has 0 amide bonds. The minimum atomic E-state index is -0.614. The van der Waals surface area contributed by atoms with Crippen molar-refractivity contribution >= 4 is 5.97 Å². The van der Waals surface area contributed by atoms with E-state index in [1.54, 1.807) is 0 Å². The number of nitrogens with zero attached hydrogens (tertiary/aromatic N) is 1. The van der Waals surface area contributed by atoms with E-state index in [1.807, 2.05) is 0 Å². The van der Waals surface area contributed by atoms with Gasteiger partial charge >= 0.3 is 5.97 Å². The molecule has 0 aromatic carbocycles. The van der Waals surface area contributed by atoms with Gasteiger partial charge in [0.15, 0.2) is 0 Å². The van der Waals surface area contributed by atoms with E-state index in [4.69, 9.17) is 9.84 Å². The highest BCUT2D eigenvalue weighted by molar-refractivity contribution is 5.70. The molecular weight excluding hydrogens is 230 g/mol. The van der Waals surface area contributed by atoms with Crippen molar-refractivity contribution in [2.24, 2.45) is 5.92 Å². The molecule has 1 saturated carbocycles. The number of hydrogen-bond donors (Lipinski definition) is 1. The molecule has 3 aliphatic rings. The Bertz CT molecular complexity index is 319. The fourth-order valence-corrected chi connectivity index (χ4v) is 3.74. The zero-order chi connectivity index (χ0) is 12.6. The predicted molar refractivity (Wildman–Crippen MR) is 67.5 cm³/mol. The fraction of sp³-hybridized carbons (Fsp3) is 0.929. The Labute approximate surface area is 108 Å². The third kappa shape index (κ3) is 2.28. The Morgan fingerprint density at radius 3 is 2.50 bits per heavy atom. The summed E-state index contributed by atoms with van der Waals surface area (Å²) in [4.78, 5) is 13.5. The first-order valence-corrected chi connectivity index (χ1v) is 7.29. The van der Waals surface area contributed by atoms with Crippen LogP contribution in [-0.2, 0) is 9.53 Å². The molecule has 0 radical (unpaired) electrons. The van der Waals surface area contributed by atoms with Gasteiger partial charge in [0.1, 0.15) is 0 Å². The first-order chi connectivity index (χ1) is 8.69. The normalized spacial score (nSPS) is 33.2. The SMILES string of the molecule is O=C(O)C1CCN(C2CCOC3(CCC3)C2)CC1. The second-order valence-electron chi connectivity index (χ2n) is 6.18. The van der Waals surface area contributed by atoms with Gasteiger partial charge in [-0.2, -0.15) is 0 Å². The molecule has 102 valence electrons.